The Morgan fingerprint density at radius 2 is 2.00 bits per heavy atom. The molecule has 176 valence electrons. The summed E-state index contributed by atoms with van der Waals surface area (Å²) in [5.41, 5.74) is 2.51. The van der Waals surface area contributed by atoms with Gasteiger partial charge in [-0.3, -0.25) is 14.3 Å². The number of Topliss-reactive ketones (excluding diaryl/α,β-unsaturated/α-hetero) is 1. The van der Waals surface area contributed by atoms with E-state index in [9.17, 15) is 14.4 Å². The van der Waals surface area contributed by atoms with Gasteiger partial charge in [-0.2, -0.15) is 10.2 Å². The van der Waals surface area contributed by atoms with Crippen LogP contribution in [-0.2, 0) is 11.3 Å². The first-order chi connectivity index (χ1) is 16.2. The summed E-state index contributed by atoms with van der Waals surface area (Å²) in [6.45, 7) is 7.60. The second-order valence-electron chi connectivity index (χ2n) is 7.30. The van der Waals surface area contributed by atoms with Crippen LogP contribution < -0.4 is 5.32 Å². The third-order valence-corrected chi connectivity index (χ3v) is 6.94. The highest BCUT2D eigenvalue weighted by atomic mass is 79.9. The molecule has 12 heteroatoms. The van der Waals surface area contributed by atoms with E-state index in [4.69, 9.17) is 4.74 Å². The summed E-state index contributed by atoms with van der Waals surface area (Å²) in [6, 6.07) is 3.30. The summed E-state index contributed by atoms with van der Waals surface area (Å²) >= 11 is 4.56. The molecule has 34 heavy (non-hydrogen) atoms. The van der Waals surface area contributed by atoms with Crippen LogP contribution in [-0.4, -0.2) is 48.6 Å². The molecular formula is C22H21BrN6O4S. The number of ketones is 1. The SMILES string of the molecule is CCOC(=O)c1c(NC(=O)c2cc3nccc(-c4nn(CC)cc4Br)n3n2)sc(C(C)=O)c1C. The minimum absolute atomic E-state index is 0.0937. The van der Waals surface area contributed by atoms with Crippen LogP contribution in [0.5, 0.6) is 0 Å². The lowest BCUT2D eigenvalue weighted by Gasteiger charge is -2.06. The van der Waals surface area contributed by atoms with Crippen LogP contribution in [0.25, 0.3) is 17.0 Å². The Bertz CT molecular complexity index is 1440. The second kappa shape index (κ2) is 9.47. The molecule has 0 saturated heterocycles. The lowest BCUT2D eigenvalue weighted by molar-refractivity contribution is 0.0527. The molecule has 1 N–H and O–H groups in total. The molecule has 0 spiro atoms. The van der Waals surface area contributed by atoms with Gasteiger partial charge in [0, 0.05) is 25.0 Å². The Balaban J connectivity index is 1.72. The maximum Gasteiger partial charge on any atom is 0.341 e. The lowest BCUT2D eigenvalue weighted by Crippen LogP contribution is -2.15. The van der Waals surface area contributed by atoms with Crippen molar-refractivity contribution in [3.63, 3.8) is 0 Å². The fourth-order valence-corrected chi connectivity index (χ4v) is 5.08. The Labute approximate surface area is 207 Å². The van der Waals surface area contributed by atoms with Crippen LogP contribution >= 0.6 is 27.3 Å². The van der Waals surface area contributed by atoms with Gasteiger partial charge in [-0.15, -0.1) is 11.3 Å². The average molecular weight is 545 g/mol. The number of ether oxygens (including phenoxy) is 1. The average Bonchev–Trinajstić information content (AvgIpc) is 3.48. The zero-order valence-corrected chi connectivity index (χ0v) is 21.3. The number of anilines is 1. The number of halogens is 1. The number of aromatic nitrogens is 5. The number of nitrogens with zero attached hydrogens (tertiary/aromatic N) is 5. The molecule has 0 aliphatic carbocycles. The van der Waals surface area contributed by atoms with Gasteiger partial charge in [0.1, 0.15) is 10.7 Å². The summed E-state index contributed by atoms with van der Waals surface area (Å²) in [5.74, 6) is -1.35. The minimum atomic E-state index is -0.602. The van der Waals surface area contributed by atoms with Crippen LogP contribution in [0.4, 0.5) is 5.00 Å². The van der Waals surface area contributed by atoms with Crippen molar-refractivity contribution in [2.45, 2.75) is 34.2 Å². The normalized spacial score (nSPS) is 11.1. The fourth-order valence-electron chi connectivity index (χ4n) is 3.47. The molecule has 0 aliphatic heterocycles. The molecule has 0 atom stereocenters. The zero-order valence-electron chi connectivity index (χ0n) is 18.9. The van der Waals surface area contributed by atoms with E-state index < -0.39 is 11.9 Å². The molecule has 0 saturated carbocycles. The smallest absolute Gasteiger partial charge is 0.341 e. The van der Waals surface area contributed by atoms with Gasteiger partial charge in [-0.1, -0.05) is 0 Å². The molecule has 0 bridgehead atoms. The highest BCUT2D eigenvalue weighted by molar-refractivity contribution is 9.10. The van der Waals surface area contributed by atoms with E-state index in [2.05, 4.69) is 36.4 Å². The van der Waals surface area contributed by atoms with Crippen LogP contribution in [0, 0.1) is 6.92 Å². The minimum Gasteiger partial charge on any atom is -0.462 e. The molecular weight excluding hydrogens is 524 g/mol. The number of rotatable bonds is 7. The van der Waals surface area contributed by atoms with Crippen molar-refractivity contribution in [3.05, 3.63) is 50.7 Å². The largest absolute Gasteiger partial charge is 0.462 e. The summed E-state index contributed by atoms with van der Waals surface area (Å²) in [4.78, 5) is 42.3. The molecule has 0 radical (unpaired) electrons. The van der Waals surface area contributed by atoms with Gasteiger partial charge in [0.05, 0.1) is 27.2 Å². The number of nitrogens with one attached hydrogen (secondary N) is 1. The van der Waals surface area contributed by atoms with Gasteiger partial charge >= 0.3 is 5.97 Å². The van der Waals surface area contributed by atoms with E-state index in [0.29, 0.717) is 34.0 Å². The second-order valence-corrected chi connectivity index (χ2v) is 9.18. The highest BCUT2D eigenvalue weighted by Crippen LogP contribution is 2.34. The third kappa shape index (κ3) is 4.26. The molecule has 0 aliphatic rings. The molecule has 0 aromatic carbocycles. The predicted molar refractivity (Wildman–Crippen MR) is 131 cm³/mol. The van der Waals surface area contributed by atoms with E-state index in [-0.39, 0.29) is 28.6 Å². The van der Waals surface area contributed by atoms with Gasteiger partial charge in [0.25, 0.3) is 5.91 Å². The summed E-state index contributed by atoms with van der Waals surface area (Å²) < 4.78 is 9.23. The molecule has 10 nitrogen and oxygen atoms in total. The first-order valence-corrected chi connectivity index (χ1v) is 12.1. The van der Waals surface area contributed by atoms with Gasteiger partial charge in [-0.25, -0.2) is 14.3 Å². The van der Waals surface area contributed by atoms with Crippen molar-refractivity contribution in [2.75, 3.05) is 11.9 Å². The molecule has 4 rings (SSSR count). The first kappa shape index (κ1) is 23.8. The number of esters is 1. The van der Waals surface area contributed by atoms with Gasteiger partial charge in [0.2, 0.25) is 0 Å². The van der Waals surface area contributed by atoms with Crippen molar-refractivity contribution < 1.29 is 19.1 Å². The van der Waals surface area contributed by atoms with E-state index in [1.807, 2.05) is 13.1 Å². The van der Waals surface area contributed by atoms with Crippen LogP contribution in [0.15, 0.2) is 29.0 Å². The number of fused-ring (bicyclic) bond motifs is 1. The van der Waals surface area contributed by atoms with Crippen LogP contribution in [0.2, 0.25) is 0 Å². The maximum absolute atomic E-state index is 13.1. The Morgan fingerprint density at radius 3 is 2.65 bits per heavy atom. The molecule has 4 aromatic rings. The van der Waals surface area contributed by atoms with E-state index in [0.717, 1.165) is 15.8 Å². The third-order valence-electron chi connectivity index (χ3n) is 5.05. The van der Waals surface area contributed by atoms with Crippen molar-refractivity contribution in [2.24, 2.45) is 0 Å². The van der Waals surface area contributed by atoms with Crippen LogP contribution in [0.3, 0.4) is 0 Å². The molecule has 1 amide bonds. The summed E-state index contributed by atoms with van der Waals surface area (Å²) in [6.07, 6.45) is 3.48. The Hall–Kier alpha value is -3.38. The number of hydrogen-bond acceptors (Lipinski definition) is 8. The van der Waals surface area contributed by atoms with Gasteiger partial charge < -0.3 is 10.1 Å². The Kier molecular flexibility index (Phi) is 6.62. The topological polar surface area (TPSA) is 120 Å². The number of thiophene rings is 1. The fraction of sp³-hybridized carbons (Fsp3) is 0.273. The van der Waals surface area contributed by atoms with E-state index >= 15 is 0 Å². The van der Waals surface area contributed by atoms with Crippen molar-refractivity contribution >= 4 is 55.6 Å². The lowest BCUT2D eigenvalue weighted by atomic mass is 10.1. The van der Waals surface area contributed by atoms with Crippen molar-refractivity contribution in [3.8, 4) is 11.4 Å². The molecule has 4 heterocycles. The Morgan fingerprint density at radius 1 is 1.24 bits per heavy atom. The quantitative estimate of drug-likeness (QED) is 0.270. The number of carbonyl (C=O) groups is 3. The maximum atomic E-state index is 13.1. The summed E-state index contributed by atoms with van der Waals surface area (Å²) in [5, 5.41) is 11.9. The number of amides is 1. The molecule has 4 aromatic heterocycles. The highest BCUT2D eigenvalue weighted by Gasteiger charge is 2.26. The van der Waals surface area contributed by atoms with E-state index in [1.165, 1.54) is 11.4 Å². The van der Waals surface area contributed by atoms with Crippen LogP contribution in [0.1, 0.15) is 56.9 Å². The predicted octanol–water partition coefficient (Wildman–Crippen LogP) is 4.38. The van der Waals surface area contributed by atoms with Gasteiger partial charge in [-0.05, 0) is 55.3 Å². The first-order valence-electron chi connectivity index (χ1n) is 10.5. The van der Waals surface area contributed by atoms with Crippen molar-refractivity contribution in [1.82, 2.24) is 24.4 Å². The van der Waals surface area contributed by atoms with Crippen molar-refractivity contribution in [1.29, 1.82) is 0 Å². The summed E-state index contributed by atoms with van der Waals surface area (Å²) in [7, 11) is 0. The molecule has 0 fully saturated rings. The number of aryl methyl sites for hydroxylation is 1. The number of carbonyl (C=O) groups excluding carboxylic acids is 3. The molecule has 0 unspecified atom stereocenters. The van der Waals surface area contributed by atoms with Gasteiger partial charge in [0.15, 0.2) is 17.1 Å². The monoisotopic (exact) mass is 544 g/mol. The standard InChI is InChI=1S/C22H21BrN6O4S/c1-5-28-10-13(23)18(27-28)15-7-8-24-16-9-14(26-29(15)16)20(31)25-21-17(22(32)33-6-2)11(3)19(34-21)12(4)30/h7-10H,5-6H2,1-4H3,(H,25,31). The van der Waals surface area contributed by atoms with E-state index in [1.54, 1.807) is 36.9 Å². The number of hydrogen-bond donors (Lipinski definition) is 1. The zero-order chi connectivity index (χ0) is 24.6.